The molecule has 0 bridgehead atoms. The van der Waals surface area contributed by atoms with Crippen molar-refractivity contribution in [2.75, 3.05) is 12.8 Å². The SMILES string of the molecule is COc1cc(N)ccc1-c1nc2cnccc2n1C(C)C. The molecule has 2 aromatic heterocycles. The van der Waals surface area contributed by atoms with Crippen molar-refractivity contribution in [3.63, 3.8) is 0 Å². The lowest BCUT2D eigenvalue weighted by molar-refractivity contribution is 0.416. The Balaban J connectivity index is 2.32. The second-order valence-corrected chi connectivity index (χ2v) is 5.22. The van der Waals surface area contributed by atoms with Crippen LogP contribution in [0.5, 0.6) is 5.75 Å². The molecule has 5 nitrogen and oxygen atoms in total. The van der Waals surface area contributed by atoms with Gasteiger partial charge in [0, 0.05) is 24.0 Å². The van der Waals surface area contributed by atoms with Gasteiger partial charge < -0.3 is 15.0 Å². The van der Waals surface area contributed by atoms with Crippen LogP contribution in [0.2, 0.25) is 0 Å². The highest BCUT2D eigenvalue weighted by Crippen LogP contribution is 2.34. The number of benzene rings is 1. The number of imidazole rings is 1. The molecule has 0 unspecified atom stereocenters. The molecule has 0 aliphatic carbocycles. The van der Waals surface area contributed by atoms with Crippen molar-refractivity contribution >= 4 is 16.7 Å². The Labute approximate surface area is 123 Å². The number of rotatable bonds is 3. The third-order valence-corrected chi connectivity index (χ3v) is 3.47. The van der Waals surface area contributed by atoms with Gasteiger partial charge in [-0.05, 0) is 32.0 Å². The Hall–Kier alpha value is -2.56. The molecule has 0 radical (unpaired) electrons. The van der Waals surface area contributed by atoms with Gasteiger partial charge in [0.1, 0.15) is 17.1 Å². The van der Waals surface area contributed by atoms with Gasteiger partial charge in [-0.25, -0.2) is 4.98 Å². The summed E-state index contributed by atoms with van der Waals surface area (Å²) in [7, 11) is 1.64. The van der Waals surface area contributed by atoms with Gasteiger partial charge in [0.25, 0.3) is 0 Å². The van der Waals surface area contributed by atoms with Gasteiger partial charge in [-0.1, -0.05) is 0 Å². The molecule has 0 aliphatic rings. The average molecular weight is 282 g/mol. The molecule has 0 saturated heterocycles. The number of pyridine rings is 1. The molecular weight excluding hydrogens is 264 g/mol. The highest BCUT2D eigenvalue weighted by molar-refractivity contribution is 5.82. The van der Waals surface area contributed by atoms with Crippen LogP contribution in [-0.2, 0) is 0 Å². The van der Waals surface area contributed by atoms with E-state index in [-0.39, 0.29) is 6.04 Å². The van der Waals surface area contributed by atoms with Crippen molar-refractivity contribution in [1.82, 2.24) is 14.5 Å². The van der Waals surface area contributed by atoms with E-state index >= 15 is 0 Å². The van der Waals surface area contributed by atoms with Crippen molar-refractivity contribution in [3.05, 3.63) is 36.7 Å². The van der Waals surface area contributed by atoms with E-state index in [1.54, 1.807) is 19.5 Å². The van der Waals surface area contributed by atoms with E-state index in [0.29, 0.717) is 5.69 Å². The van der Waals surface area contributed by atoms with E-state index in [2.05, 4.69) is 23.4 Å². The minimum absolute atomic E-state index is 0.273. The van der Waals surface area contributed by atoms with Crippen molar-refractivity contribution in [3.8, 4) is 17.1 Å². The average Bonchev–Trinajstić information content (AvgIpc) is 2.86. The van der Waals surface area contributed by atoms with E-state index in [4.69, 9.17) is 15.5 Å². The first-order chi connectivity index (χ1) is 10.1. The summed E-state index contributed by atoms with van der Waals surface area (Å²) in [6.07, 6.45) is 3.56. The molecule has 0 saturated carbocycles. The zero-order valence-electron chi connectivity index (χ0n) is 12.4. The molecule has 0 atom stereocenters. The Morgan fingerprint density at radius 2 is 2.05 bits per heavy atom. The number of aromatic nitrogens is 3. The number of anilines is 1. The van der Waals surface area contributed by atoms with Crippen LogP contribution < -0.4 is 10.5 Å². The predicted octanol–water partition coefficient (Wildman–Crippen LogP) is 3.27. The van der Waals surface area contributed by atoms with Crippen LogP contribution in [0.15, 0.2) is 36.7 Å². The molecule has 1 aromatic carbocycles. The molecule has 0 spiro atoms. The fourth-order valence-corrected chi connectivity index (χ4v) is 2.56. The molecule has 5 heteroatoms. The number of hydrogen-bond donors (Lipinski definition) is 1. The molecule has 2 heterocycles. The van der Waals surface area contributed by atoms with Gasteiger partial charge in [-0.15, -0.1) is 0 Å². The first-order valence-electron chi connectivity index (χ1n) is 6.87. The molecule has 0 amide bonds. The molecule has 0 fully saturated rings. The summed E-state index contributed by atoms with van der Waals surface area (Å²) < 4.78 is 7.65. The number of nitrogens with zero attached hydrogens (tertiary/aromatic N) is 3. The summed E-state index contributed by atoms with van der Waals surface area (Å²) in [4.78, 5) is 8.87. The fourth-order valence-electron chi connectivity index (χ4n) is 2.56. The molecular formula is C16H18N4O. The van der Waals surface area contributed by atoms with Gasteiger partial charge in [0.05, 0.1) is 24.4 Å². The zero-order chi connectivity index (χ0) is 15.0. The quantitative estimate of drug-likeness (QED) is 0.749. The summed E-state index contributed by atoms with van der Waals surface area (Å²) in [6, 6.07) is 7.88. The highest BCUT2D eigenvalue weighted by Gasteiger charge is 2.18. The summed E-state index contributed by atoms with van der Waals surface area (Å²) in [6.45, 7) is 4.27. The summed E-state index contributed by atoms with van der Waals surface area (Å²) in [5, 5.41) is 0. The van der Waals surface area contributed by atoms with E-state index in [0.717, 1.165) is 28.2 Å². The second-order valence-electron chi connectivity index (χ2n) is 5.22. The van der Waals surface area contributed by atoms with Gasteiger partial charge in [0.2, 0.25) is 0 Å². The Kier molecular flexibility index (Phi) is 3.25. The first-order valence-corrected chi connectivity index (χ1v) is 6.87. The lowest BCUT2D eigenvalue weighted by Crippen LogP contribution is -2.04. The molecule has 108 valence electrons. The highest BCUT2D eigenvalue weighted by atomic mass is 16.5. The first kappa shape index (κ1) is 13.4. The normalized spacial score (nSPS) is 11.2. The van der Waals surface area contributed by atoms with Gasteiger partial charge in [0.15, 0.2) is 0 Å². The largest absolute Gasteiger partial charge is 0.496 e. The maximum atomic E-state index is 5.84. The lowest BCUT2D eigenvalue weighted by atomic mass is 10.1. The van der Waals surface area contributed by atoms with Crippen LogP contribution in [0.1, 0.15) is 19.9 Å². The number of fused-ring (bicyclic) bond motifs is 1. The third-order valence-electron chi connectivity index (χ3n) is 3.47. The van der Waals surface area contributed by atoms with Crippen LogP contribution in [-0.4, -0.2) is 21.6 Å². The maximum absolute atomic E-state index is 5.84. The van der Waals surface area contributed by atoms with Crippen molar-refractivity contribution < 1.29 is 4.74 Å². The Morgan fingerprint density at radius 3 is 2.76 bits per heavy atom. The van der Waals surface area contributed by atoms with E-state index in [9.17, 15) is 0 Å². The Morgan fingerprint density at radius 1 is 1.24 bits per heavy atom. The molecule has 21 heavy (non-hydrogen) atoms. The summed E-state index contributed by atoms with van der Waals surface area (Å²) >= 11 is 0. The van der Waals surface area contributed by atoms with Gasteiger partial charge >= 0.3 is 0 Å². The van der Waals surface area contributed by atoms with Crippen molar-refractivity contribution in [2.45, 2.75) is 19.9 Å². The summed E-state index contributed by atoms with van der Waals surface area (Å²) in [5.74, 6) is 1.59. The number of ether oxygens (including phenoxy) is 1. The van der Waals surface area contributed by atoms with E-state index < -0.39 is 0 Å². The van der Waals surface area contributed by atoms with Crippen LogP contribution >= 0.6 is 0 Å². The fraction of sp³-hybridized carbons (Fsp3) is 0.250. The van der Waals surface area contributed by atoms with Gasteiger partial charge in [-0.2, -0.15) is 0 Å². The molecule has 3 rings (SSSR count). The number of nitrogen functional groups attached to an aromatic ring is 1. The standard InChI is InChI=1S/C16H18N4O/c1-10(2)20-14-6-7-18-9-13(14)19-16(20)12-5-4-11(17)8-15(12)21-3/h4-10H,17H2,1-3H3. The minimum atomic E-state index is 0.273. The predicted molar refractivity (Wildman–Crippen MR) is 84.3 cm³/mol. The third kappa shape index (κ3) is 2.20. The number of nitrogens with two attached hydrogens (primary N) is 1. The monoisotopic (exact) mass is 282 g/mol. The summed E-state index contributed by atoms with van der Waals surface area (Å²) in [5.41, 5.74) is 9.37. The van der Waals surface area contributed by atoms with Crippen molar-refractivity contribution in [1.29, 1.82) is 0 Å². The van der Waals surface area contributed by atoms with E-state index in [1.165, 1.54) is 0 Å². The molecule has 0 aliphatic heterocycles. The smallest absolute Gasteiger partial charge is 0.145 e. The Bertz CT molecular complexity index is 792. The molecule has 3 aromatic rings. The zero-order valence-corrected chi connectivity index (χ0v) is 12.4. The minimum Gasteiger partial charge on any atom is -0.496 e. The van der Waals surface area contributed by atoms with E-state index in [1.807, 2.05) is 24.3 Å². The van der Waals surface area contributed by atoms with Gasteiger partial charge in [-0.3, -0.25) is 4.98 Å². The second kappa shape index (κ2) is 5.09. The van der Waals surface area contributed by atoms with Crippen LogP contribution in [0, 0.1) is 0 Å². The van der Waals surface area contributed by atoms with Crippen LogP contribution in [0.4, 0.5) is 5.69 Å². The topological polar surface area (TPSA) is 66.0 Å². The molecule has 2 N–H and O–H groups in total. The number of hydrogen-bond acceptors (Lipinski definition) is 4. The number of methoxy groups -OCH3 is 1. The van der Waals surface area contributed by atoms with Crippen LogP contribution in [0.3, 0.4) is 0 Å². The lowest BCUT2D eigenvalue weighted by Gasteiger charge is -2.15. The van der Waals surface area contributed by atoms with Crippen LogP contribution in [0.25, 0.3) is 22.4 Å². The van der Waals surface area contributed by atoms with Crippen molar-refractivity contribution in [2.24, 2.45) is 0 Å². The maximum Gasteiger partial charge on any atom is 0.145 e.